The Morgan fingerprint density at radius 2 is 1.72 bits per heavy atom. The summed E-state index contributed by atoms with van der Waals surface area (Å²) in [6, 6.07) is 20.4. The van der Waals surface area contributed by atoms with Crippen LogP contribution in [-0.4, -0.2) is 41.8 Å². The second kappa shape index (κ2) is 11.8. The van der Waals surface area contributed by atoms with Crippen molar-refractivity contribution in [2.45, 2.75) is 6.92 Å². The van der Waals surface area contributed by atoms with Crippen molar-refractivity contribution in [2.24, 2.45) is 0 Å². The number of benzene rings is 3. The fourth-order valence-electron chi connectivity index (χ4n) is 3.33. The number of thioether (sulfide) groups is 1. The van der Waals surface area contributed by atoms with Crippen LogP contribution in [0.3, 0.4) is 0 Å². The normalized spacial score (nSPS) is 14.3. The average molecular weight is 524 g/mol. The van der Waals surface area contributed by atoms with Crippen LogP contribution in [0, 0.1) is 0 Å². The third-order valence-corrected chi connectivity index (χ3v) is 6.21. The van der Waals surface area contributed by atoms with Gasteiger partial charge in [-0.2, -0.15) is 0 Å². The first kappa shape index (κ1) is 25.3. The summed E-state index contributed by atoms with van der Waals surface area (Å²) in [5.41, 5.74) is 1.04. The van der Waals surface area contributed by atoms with E-state index in [9.17, 15) is 14.4 Å². The molecule has 4 rings (SSSR count). The van der Waals surface area contributed by atoms with Gasteiger partial charge in [0.15, 0.2) is 11.5 Å². The van der Waals surface area contributed by atoms with Gasteiger partial charge in [0, 0.05) is 5.02 Å². The predicted octanol–water partition coefficient (Wildman–Crippen LogP) is 6.07. The average Bonchev–Trinajstić information content (AvgIpc) is 3.14. The molecule has 9 heteroatoms. The Kier molecular flexibility index (Phi) is 8.30. The molecule has 184 valence electrons. The SMILES string of the molecule is CCOc1cc(/C=C2\SC(=O)N(CCOc3ccc(Cl)cc3)C2=O)ccc1OC(=O)c1ccccc1. The molecule has 0 saturated carbocycles. The molecule has 2 amide bonds. The maximum absolute atomic E-state index is 12.8. The molecular formula is C27H22ClNO6S. The highest BCUT2D eigenvalue weighted by Gasteiger charge is 2.34. The molecule has 0 spiro atoms. The summed E-state index contributed by atoms with van der Waals surface area (Å²) >= 11 is 6.72. The Hall–Kier alpha value is -3.75. The van der Waals surface area contributed by atoms with Crippen molar-refractivity contribution < 1.29 is 28.6 Å². The van der Waals surface area contributed by atoms with Crippen molar-refractivity contribution in [1.29, 1.82) is 0 Å². The number of ether oxygens (including phenoxy) is 3. The third kappa shape index (κ3) is 6.27. The van der Waals surface area contributed by atoms with E-state index >= 15 is 0 Å². The second-order valence-corrected chi connectivity index (χ2v) is 8.96. The number of rotatable bonds is 9. The topological polar surface area (TPSA) is 82.1 Å². The van der Waals surface area contributed by atoms with Gasteiger partial charge in [0.1, 0.15) is 12.4 Å². The minimum absolute atomic E-state index is 0.114. The van der Waals surface area contributed by atoms with E-state index in [0.29, 0.717) is 34.3 Å². The molecular weight excluding hydrogens is 502 g/mol. The van der Waals surface area contributed by atoms with Crippen LogP contribution in [-0.2, 0) is 4.79 Å². The van der Waals surface area contributed by atoms with Gasteiger partial charge >= 0.3 is 5.97 Å². The molecule has 0 unspecified atom stereocenters. The van der Waals surface area contributed by atoms with Gasteiger partial charge in [-0.25, -0.2) is 4.79 Å². The lowest BCUT2D eigenvalue weighted by molar-refractivity contribution is -0.123. The summed E-state index contributed by atoms with van der Waals surface area (Å²) in [5.74, 6) is 0.299. The molecule has 0 aromatic heterocycles. The highest BCUT2D eigenvalue weighted by molar-refractivity contribution is 8.18. The highest BCUT2D eigenvalue weighted by atomic mass is 35.5. The number of esters is 1. The van der Waals surface area contributed by atoms with Crippen LogP contribution in [0.15, 0.2) is 77.7 Å². The predicted molar refractivity (Wildman–Crippen MR) is 139 cm³/mol. The van der Waals surface area contributed by atoms with Gasteiger partial charge in [-0.15, -0.1) is 0 Å². The van der Waals surface area contributed by atoms with Gasteiger partial charge in [-0.1, -0.05) is 35.9 Å². The van der Waals surface area contributed by atoms with E-state index in [4.69, 9.17) is 25.8 Å². The summed E-state index contributed by atoms with van der Waals surface area (Å²) < 4.78 is 16.8. The molecule has 7 nitrogen and oxygen atoms in total. The third-order valence-electron chi connectivity index (χ3n) is 5.05. The van der Waals surface area contributed by atoms with Crippen LogP contribution in [0.1, 0.15) is 22.8 Å². The number of nitrogens with zero attached hydrogens (tertiary/aromatic N) is 1. The van der Waals surface area contributed by atoms with E-state index in [1.165, 1.54) is 0 Å². The molecule has 1 aliphatic heterocycles. The fourth-order valence-corrected chi connectivity index (χ4v) is 4.32. The molecule has 0 aliphatic carbocycles. The maximum Gasteiger partial charge on any atom is 0.343 e. The lowest BCUT2D eigenvalue weighted by atomic mass is 10.1. The first-order valence-electron chi connectivity index (χ1n) is 11.1. The summed E-state index contributed by atoms with van der Waals surface area (Å²) in [6.45, 7) is 2.43. The van der Waals surface area contributed by atoms with Gasteiger partial charge in [0.2, 0.25) is 0 Å². The summed E-state index contributed by atoms with van der Waals surface area (Å²) in [6.07, 6.45) is 1.61. The number of carbonyl (C=O) groups excluding carboxylic acids is 3. The molecule has 1 fully saturated rings. The van der Waals surface area contributed by atoms with Gasteiger partial charge in [0.05, 0.1) is 23.6 Å². The Balaban J connectivity index is 1.44. The number of hydrogen-bond acceptors (Lipinski definition) is 7. The Labute approximate surface area is 217 Å². The molecule has 3 aromatic carbocycles. The Morgan fingerprint density at radius 1 is 0.972 bits per heavy atom. The molecule has 1 saturated heterocycles. The zero-order valence-electron chi connectivity index (χ0n) is 19.3. The largest absolute Gasteiger partial charge is 0.492 e. The zero-order valence-corrected chi connectivity index (χ0v) is 20.9. The van der Waals surface area contributed by atoms with Crippen LogP contribution in [0.25, 0.3) is 6.08 Å². The van der Waals surface area contributed by atoms with Crippen molar-refractivity contribution in [1.82, 2.24) is 4.90 Å². The molecule has 3 aromatic rings. The van der Waals surface area contributed by atoms with Crippen LogP contribution in [0.2, 0.25) is 5.02 Å². The quantitative estimate of drug-likeness (QED) is 0.191. The molecule has 0 radical (unpaired) electrons. The van der Waals surface area contributed by atoms with Crippen LogP contribution in [0.4, 0.5) is 4.79 Å². The number of carbonyl (C=O) groups is 3. The zero-order chi connectivity index (χ0) is 25.5. The lowest BCUT2D eigenvalue weighted by Gasteiger charge is -2.13. The molecule has 0 bridgehead atoms. The van der Waals surface area contributed by atoms with Crippen LogP contribution in [0.5, 0.6) is 17.2 Å². The molecule has 0 atom stereocenters. The highest BCUT2D eigenvalue weighted by Crippen LogP contribution is 2.35. The van der Waals surface area contributed by atoms with E-state index in [-0.39, 0.29) is 29.0 Å². The van der Waals surface area contributed by atoms with Crippen molar-refractivity contribution in [2.75, 3.05) is 19.8 Å². The van der Waals surface area contributed by atoms with E-state index in [1.54, 1.807) is 72.8 Å². The summed E-state index contributed by atoms with van der Waals surface area (Å²) in [7, 11) is 0. The van der Waals surface area contributed by atoms with Crippen molar-refractivity contribution in [3.63, 3.8) is 0 Å². The first-order chi connectivity index (χ1) is 17.4. The monoisotopic (exact) mass is 523 g/mol. The molecule has 0 N–H and O–H groups in total. The van der Waals surface area contributed by atoms with Crippen LogP contribution < -0.4 is 14.2 Å². The van der Waals surface area contributed by atoms with Gasteiger partial charge < -0.3 is 14.2 Å². The van der Waals surface area contributed by atoms with Crippen molar-refractivity contribution in [3.05, 3.63) is 93.9 Å². The number of amides is 2. The second-order valence-electron chi connectivity index (χ2n) is 7.53. The maximum atomic E-state index is 12.8. The molecule has 1 heterocycles. The van der Waals surface area contributed by atoms with E-state index in [0.717, 1.165) is 16.7 Å². The number of halogens is 1. The lowest BCUT2D eigenvalue weighted by Crippen LogP contribution is -2.32. The van der Waals surface area contributed by atoms with E-state index in [1.807, 2.05) is 13.0 Å². The number of hydrogen-bond donors (Lipinski definition) is 0. The van der Waals surface area contributed by atoms with Gasteiger partial charge in [-0.3, -0.25) is 14.5 Å². The standard InChI is InChI=1S/C27H22ClNO6S/c1-2-33-23-16-18(8-13-22(23)35-26(31)19-6-4-3-5-7-19)17-24-25(30)29(27(32)36-24)14-15-34-21-11-9-20(28)10-12-21/h3-13,16-17H,2,14-15H2,1H3/b24-17-. The summed E-state index contributed by atoms with van der Waals surface area (Å²) in [5, 5.41) is 0.220. The van der Waals surface area contributed by atoms with E-state index in [2.05, 4.69) is 0 Å². The van der Waals surface area contributed by atoms with Gasteiger partial charge in [0.25, 0.3) is 11.1 Å². The van der Waals surface area contributed by atoms with Crippen molar-refractivity contribution in [3.8, 4) is 17.2 Å². The Morgan fingerprint density at radius 3 is 2.44 bits per heavy atom. The molecule has 1 aliphatic rings. The van der Waals surface area contributed by atoms with Crippen LogP contribution >= 0.6 is 23.4 Å². The smallest absolute Gasteiger partial charge is 0.343 e. The van der Waals surface area contributed by atoms with Gasteiger partial charge in [-0.05, 0) is 78.9 Å². The van der Waals surface area contributed by atoms with E-state index < -0.39 is 11.9 Å². The fraction of sp³-hybridized carbons (Fsp3) is 0.148. The Bertz CT molecular complexity index is 1290. The first-order valence-corrected chi connectivity index (χ1v) is 12.3. The number of imide groups is 1. The molecule has 36 heavy (non-hydrogen) atoms. The van der Waals surface area contributed by atoms with Crippen molar-refractivity contribution >= 4 is 46.6 Å². The summed E-state index contributed by atoms with van der Waals surface area (Å²) in [4.78, 5) is 39.1. The minimum Gasteiger partial charge on any atom is -0.492 e. The minimum atomic E-state index is -0.508.